The molecule has 0 saturated heterocycles. The molecule has 5 heteroatoms. The molecular weight excluding hydrogens is 411 g/mol. The van der Waals surface area contributed by atoms with E-state index in [2.05, 4.69) is 13.8 Å². The maximum atomic E-state index is 8.07. The van der Waals surface area contributed by atoms with E-state index in [1.165, 1.54) is 0 Å². The maximum absolute atomic E-state index is 8.07. The zero-order valence-electron chi connectivity index (χ0n) is 13.7. The fourth-order valence-electron chi connectivity index (χ4n) is 0.316. The summed E-state index contributed by atoms with van der Waals surface area (Å²) < 4.78 is 0. The van der Waals surface area contributed by atoms with Gasteiger partial charge in [-0.3, -0.25) is 0 Å². The minimum atomic E-state index is -0.167. The predicted molar refractivity (Wildman–Crippen MR) is 78.7 cm³/mol. The summed E-state index contributed by atoms with van der Waals surface area (Å²) in [6.45, 7) is 11.7. The average Bonchev–Trinajstić information content (AvgIpc) is 2.19. The van der Waals surface area contributed by atoms with Gasteiger partial charge in [-0.1, -0.05) is 26.7 Å². The molecule has 4 N–H and O–H groups in total. The second kappa shape index (κ2) is 36.3. The van der Waals surface area contributed by atoms with E-state index in [0.717, 1.165) is 25.7 Å². The van der Waals surface area contributed by atoms with E-state index in [0.29, 0.717) is 13.2 Å². The molecule has 0 radical (unpaired) electrons. The molecule has 120 valence electrons. The molecule has 0 rings (SSSR count). The third-order valence-electron chi connectivity index (χ3n) is 1.02. The van der Waals surface area contributed by atoms with Crippen molar-refractivity contribution in [2.75, 3.05) is 13.2 Å². The number of aliphatic hydroxyl groups is 4. The summed E-state index contributed by atoms with van der Waals surface area (Å²) >= 11 is 0. The Balaban J connectivity index is -0.0000000453. The smallest absolute Gasteiger partial charge is 0.0483 e. The van der Waals surface area contributed by atoms with Gasteiger partial charge in [-0.2, -0.15) is 0 Å². The fourth-order valence-corrected chi connectivity index (χ4v) is 0.316. The summed E-state index contributed by atoms with van der Waals surface area (Å²) in [7, 11) is 0. The average molecular weight is 447 g/mol. The summed E-state index contributed by atoms with van der Waals surface area (Å²) in [5.74, 6) is 0. The number of hydrogen-bond acceptors (Lipinski definition) is 4. The Morgan fingerprint density at radius 1 is 0.684 bits per heavy atom. The van der Waals surface area contributed by atoms with Crippen LogP contribution in [0.4, 0.5) is 0 Å². The van der Waals surface area contributed by atoms with Gasteiger partial charge in [-0.25, -0.2) is 0 Å². The van der Waals surface area contributed by atoms with Crippen molar-refractivity contribution in [3.8, 4) is 0 Å². The molecule has 0 aromatic rings. The van der Waals surface area contributed by atoms with Crippen LogP contribution in [0.2, 0.25) is 0 Å². The largest absolute Gasteiger partial charge is 0.396 e. The van der Waals surface area contributed by atoms with E-state index in [1.54, 1.807) is 27.7 Å². The number of aliphatic hydroxyl groups excluding tert-OH is 4. The van der Waals surface area contributed by atoms with E-state index in [9.17, 15) is 0 Å². The second-order valence-corrected chi connectivity index (χ2v) is 4.34. The monoisotopic (exact) mass is 448 g/mol. The Kier molecular flexibility index (Phi) is 61.0. The van der Waals surface area contributed by atoms with Crippen molar-refractivity contribution in [3.05, 3.63) is 0 Å². The van der Waals surface area contributed by atoms with E-state index in [-0.39, 0.29) is 38.1 Å². The van der Waals surface area contributed by atoms with Crippen LogP contribution in [0.25, 0.3) is 0 Å². The molecule has 0 aliphatic carbocycles. The first kappa shape index (κ1) is 31.9. The van der Waals surface area contributed by atoms with Crippen molar-refractivity contribution in [3.63, 3.8) is 0 Å². The van der Waals surface area contributed by atoms with E-state index >= 15 is 0 Å². The van der Waals surface area contributed by atoms with Crippen LogP contribution < -0.4 is 0 Å². The molecule has 0 spiro atoms. The minimum Gasteiger partial charge on any atom is -0.396 e. The Bertz CT molecular complexity index is 79.9. The first-order valence-corrected chi connectivity index (χ1v) is 6.87. The van der Waals surface area contributed by atoms with Gasteiger partial charge in [-0.05, 0) is 40.5 Å². The molecule has 0 saturated carbocycles. The summed E-state index contributed by atoms with van der Waals surface area (Å²) in [6.07, 6.45) is 3.74. The molecule has 0 bridgehead atoms. The van der Waals surface area contributed by atoms with Crippen LogP contribution >= 0.6 is 0 Å². The van der Waals surface area contributed by atoms with Gasteiger partial charge in [-0.15, -0.1) is 0 Å². The van der Waals surface area contributed by atoms with Crippen LogP contribution in [0.1, 0.15) is 67.2 Å². The van der Waals surface area contributed by atoms with Gasteiger partial charge in [0, 0.05) is 51.3 Å². The summed E-state index contributed by atoms with van der Waals surface area (Å²) in [4.78, 5) is 0. The molecule has 4 nitrogen and oxygen atoms in total. The van der Waals surface area contributed by atoms with E-state index in [4.69, 9.17) is 20.4 Å². The van der Waals surface area contributed by atoms with E-state index < -0.39 is 0 Å². The molecular formula is C14H36HfO4. The van der Waals surface area contributed by atoms with Crippen LogP contribution in [-0.4, -0.2) is 45.8 Å². The number of hydrogen-bond donors (Lipinski definition) is 4. The first-order chi connectivity index (χ1) is 8.29. The standard InChI is InChI=1S/2C4H10O.2C3H8O.Hf/c2*1-2-3-4-5;2*1-3(2)4;/h2*5H,2-4H2,1H3;2*3-4H,1-2H3;. The van der Waals surface area contributed by atoms with Gasteiger partial charge in [0.25, 0.3) is 0 Å². The van der Waals surface area contributed by atoms with Crippen LogP contribution in [-0.2, 0) is 25.8 Å². The Hall–Kier alpha value is 0.710. The van der Waals surface area contributed by atoms with Crippen molar-refractivity contribution >= 4 is 0 Å². The van der Waals surface area contributed by atoms with Crippen molar-refractivity contribution in [1.82, 2.24) is 0 Å². The first-order valence-electron chi connectivity index (χ1n) is 6.87. The second-order valence-electron chi connectivity index (χ2n) is 4.34. The molecule has 0 aliphatic heterocycles. The van der Waals surface area contributed by atoms with Gasteiger partial charge in [0.15, 0.2) is 0 Å². The Morgan fingerprint density at radius 3 is 0.842 bits per heavy atom. The zero-order valence-corrected chi connectivity index (χ0v) is 17.3. The topological polar surface area (TPSA) is 80.9 Å². The van der Waals surface area contributed by atoms with Crippen molar-refractivity contribution < 1.29 is 46.3 Å². The van der Waals surface area contributed by atoms with Crippen LogP contribution in [0.3, 0.4) is 0 Å². The van der Waals surface area contributed by atoms with Gasteiger partial charge in [0.05, 0.1) is 0 Å². The normalized spacial score (nSPS) is 8.21. The number of unbranched alkanes of at least 4 members (excludes halogenated alkanes) is 2. The third kappa shape index (κ3) is 235. The molecule has 0 atom stereocenters. The van der Waals surface area contributed by atoms with Crippen molar-refractivity contribution in [2.24, 2.45) is 0 Å². The molecule has 0 unspecified atom stereocenters. The summed E-state index contributed by atoms with van der Waals surface area (Å²) in [5, 5.41) is 32.2. The molecule has 0 aromatic carbocycles. The number of rotatable bonds is 4. The molecule has 0 amide bonds. The molecule has 0 heterocycles. The molecule has 19 heavy (non-hydrogen) atoms. The van der Waals surface area contributed by atoms with Gasteiger partial charge in [0.1, 0.15) is 0 Å². The fraction of sp³-hybridized carbons (Fsp3) is 1.00. The Labute approximate surface area is 139 Å². The molecule has 0 fully saturated rings. The van der Waals surface area contributed by atoms with Gasteiger partial charge < -0.3 is 20.4 Å². The predicted octanol–water partition coefficient (Wildman–Crippen LogP) is 2.33. The Morgan fingerprint density at radius 2 is 0.842 bits per heavy atom. The zero-order chi connectivity index (χ0) is 15.4. The van der Waals surface area contributed by atoms with Gasteiger partial charge >= 0.3 is 0 Å². The molecule has 0 aliphatic rings. The quantitative estimate of drug-likeness (QED) is 0.500. The maximum Gasteiger partial charge on any atom is 0.0483 e. The minimum absolute atomic E-state index is 0. The summed E-state index contributed by atoms with van der Waals surface area (Å²) in [5.41, 5.74) is 0. The molecule has 0 aromatic heterocycles. The van der Waals surface area contributed by atoms with Crippen LogP contribution in [0.5, 0.6) is 0 Å². The van der Waals surface area contributed by atoms with Crippen molar-refractivity contribution in [2.45, 2.75) is 79.4 Å². The van der Waals surface area contributed by atoms with Crippen molar-refractivity contribution in [1.29, 1.82) is 0 Å². The third-order valence-corrected chi connectivity index (χ3v) is 1.02. The SMILES string of the molecule is CC(C)O.CC(C)O.CCCCO.CCCCO.[Hf]. The van der Waals surface area contributed by atoms with Gasteiger partial charge in [0.2, 0.25) is 0 Å². The van der Waals surface area contributed by atoms with Crippen LogP contribution in [0.15, 0.2) is 0 Å². The van der Waals surface area contributed by atoms with E-state index in [1.807, 2.05) is 0 Å². The van der Waals surface area contributed by atoms with Crippen LogP contribution in [0, 0.1) is 0 Å². The summed E-state index contributed by atoms with van der Waals surface area (Å²) in [6, 6.07) is 0.